The van der Waals surface area contributed by atoms with Crippen LogP contribution < -0.4 is 16.0 Å². The van der Waals surface area contributed by atoms with Crippen molar-refractivity contribution in [2.75, 3.05) is 29.5 Å². The number of amides is 1. The van der Waals surface area contributed by atoms with Crippen molar-refractivity contribution in [1.29, 1.82) is 0 Å². The van der Waals surface area contributed by atoms with Gasteiger partial charge < -0.3 is 15.7 Å². The summed E-state index contributed by atoms with van der Waals surface area (Å²) in [4.78, 5) is 30.3. The van der Waals surface area contributed by atoms with E-state index in [0.717, 1.165) is 12.4 Å². The third kappa shape index (κ3) is 3.25. The topological polar surface area (TPSA) is 130 Å². The summed E-state index contributed by atoms with van der Waals surface area (Å²) in [5.41, 5.74) is 6.35. The molecule has 4 rings (SSSR count). The smallest absolute Gasteiger partial charge is 0.410 e. The van der Waals surface area contributed by atoms with Gasteiger partial charge in [0, 0.05) is 30.1 Å². The lowest BCUT2D eigenvalue weighted by Crippen LogP contribution is -2.42. The molecule has 2 unspecified atom stereocenters. The molecule has 11 heteroatoms. The van der Waals surface area contributed by atoms with Gasteiger partial charge in [-0.25, -0.2) is 24.1 Å². The van der Waals surface area contributed by atoms with Crippen LogP contribution in [0.4, 0.5) is 20.8 Å². The number of aromatic nitrogens is 3. The molecule has 0 saturated carbocycles. The van der Waals surface area contributed by atoms with Crippen molar-refractivity contribution < 1.29 is 14.3 Å². The lowest BCUT2D eigenvalue weighted by atomic mass is 9.85. The van der Waals surface area contributed by atoms with Crippen LogP contribution >= 0.6 is 11.8 Å². The number of nitrogens with one attached hydrogen (secondary N) is 1. The lowest BCUT2D eigenvalue weighted by molar-refractivity contribution is 0.200. The van der Waals surface area contributed by atoms with Gasteiger partial charge in [0.1, 0.15) is 5.54 Å². The van der Waals surface area contributed by atoms with Crippen LogP contribution in [0.5, 0.6) is 0 Å². The number of carbonyl (C=O) groups is 1. The molecule has 0 radical (unpaired) electrons. The van der Waals surface area contributed by atoms with Gasteiger partial charge in [-0.3, -0.25) is 10.3 Å². The van der Waals surface area contributed by atoms with Gasteiger partial charge in [-0.15, -0.1) is 0 Å². The summed E-state index contributed by atoms with van der Waals surface area (Å²) in [5.74, 6) is 0.545. The first-order valence-electron chi connectivity index (χ1n) is 8.13. The van der Waals surface area contributed by atoms with Gasteiger partial charge in [-0.1, -0.05) is 11.8 Å². The van der Waals surface area contributed by atoms with Crippen LogP contribution in [-0.2, 0) is 5.54 Å². The fourth-order valence-electron chi connectivity index (χ4n) is 3.42. The van der Waals surface area contributed by atoms with Crippen molar-refractivity contribution in [2.24, 2.45) is 10.9 Å². The number of thioether (sulfide) groups is 1. The molecule has 140 valence electrons. The Hall–Kier alpha value is -2.95. The highest BCUT2D eigenvalue weighted by molar-refractivity contribution is 8.13. The highest BCUT2D eigenvalue weighted by Gasteiger charge is 2.52. The van der Waals surface area contributed by atoms with Crippen LogP contribution in [0.2, 0.25) is 0 Å². The van der Waals surface area contributed by atoms with E-state index in [9.17, 15) is 9.18 Å². The molecule has 9 nitrogen and oxygen atoms in total. The Morgan fingerprint density at radius 1 is 1.41 bits per heavy atom. The van der Waals surface area contributed by atoms with Crippen LogP contribution in [0.3, 0.4) is 0 Å². The second kappa shape index (κ2) is 6.65. The Balaban J connectivity index is 1.76. The molecular weight excluding hydrogens is 373 g/mol. The van der Waals surface area contributed by atoms with Crippen molar-refractivity contribution in [3.8, 4) is 0 Å². The zero-order valence-electron chi connectivity index (χ0n) is 14.0. The van der Waals surface area contributed by atoms with Crippen molar-refractivity contribution in [1.82, 2.24) is 20.3 Å². The molecule has 1 saturated heterocycles. The summed E-state index contributed by atoms with van der Waals surface area (Å²) in [6, 6.07) is 3.43. The van der Waals surface area contributed by atoms with E-state index in [1.807, 2.05) is 4.90 Å². The Bertz CT molecular complexity index is 910. The molecule has 0 aliphatic carbocycles. The Kier molecular flexibility index (Phi) is 4.30. The summed E-state index contributed by atoms with van der Waals surface area (Å²) >= 11 is 1.34. The second-order valence-corrected chi connectivity index (χ2v) is 7.34. The number of anilines is 2. The van der Waals surface area contributed by atoms with Gasteiger partial charge in [0.25, 0.3) is 0 Å². The van der Waals surface area contributed by atoms with Gasteiger partial charge in [-0.2, -0.15) is 0 Å². The molecule has 2 aliphatic rings. The van der Waals surface area contributed by atoms with E-state index in [0.29, 0.717) is 41.3 Å². The van der Waals surface area contributed by atoms with Crippen LogP contribution in [-0.4, -0.2) is 50.2 Å². The molecule has 1 fully saturated rings. The molecule has 0 spiro atoms. The van der Waals surface area contributed by atoms with E-state index in [1.165, 1.54) is 11.8 Å². The number of hydrogen-bond acceptors (Lipinski definition) is 8. The maximum atomic E-state index is 13.2. The van der Waals surface area contributed by atoms with Gasteiger partial charge in [0.15, 0.2) is 11.0 Å². The van der Waals surface area contributed by atoms with Crippen LogP contribution in [0.15, 0.2) is 35.7 Å². The van der Waals surface area contributed by atoms with Crippen molar-refractivity contribution >= 4 is 34.7 Å². The minimum Gasteiger partial charge on any atom is -0.465 e. The van der Waals surface area contributed by atoms with Gasteiger partial charge in [0.05, 0.1) is 24.6 Å². The number of pyridine rings is 1. The number of halogens is 1. The number of amidine groups is 1. The van der Waals surface area contributed by atoms with E-state index in [1.54, 1.807) is 18.3 Å². The first-order valence-corrected chi connectivity index (χ1v) is 9.12. The number of hydrogen-bond donors (Lipinski definition) is 3. The minimum atomic E-state index is -1.17. The maximum absolute atomic E-state index is 13.2. The lowest BCUT2D eigenvalue weighted by Gasteiger charge is -2.34. The Morgan fingerprint density at radius 3 is 2.89 bits per heavy atom. The number of aliphatic imine (C=N–C) groups is 1. The Labute approximate surface area is 157 Å². The molecule has 0 bridgehead atoms. The van der Waals surface area contributed by atoms with Crippen LogP contribution in [0.1, 0.15) is 5.69 Å². The first-order chi connectivity index (χ1) is 13.0. The largest absolute Gasteiger partial charge is 0.465 e. The van der Waals surface area contributed by atoms with Crippen LogP contribution in [0.25, 0.3) is 0 Å². The summed E-state index contributed by atoms with van der Waals surface area (Å²) in [6.07, 6.45) is 2.66. The summed E-state index contributed by atoms with van der Waals surface area (Å²) < 4.78 is 13.2. The summed E-state index contributed by atoms with van der Waals surface area (Å²) in [6.45, 7) is 0.962. The minimum absolute atomic E-state index is 0.0322. The molecular formula is C16H16FN7O2S. The molecule has 1 amide bonds. The first kappa shape index (κ1) is 17.5. The molecule has 4 heterocycles. The van der Waals surface area contributed by atoms with Gasteiger partial charge in [0.2, 0.25) is 5.95 Å². The van der Waals surface area contributed by atoms with Crippen molar-refractivity contribution in [2.45, 2.75) is 5.54 Å². The third-order valence-electron chi connectivity index (χ3n) is 4.60. The number of nitrogens with two attached hydrogens (primary N) is 1. The van der Waals surface area contributed by atoms with E-state index >= 15 is 0 Å². The highest BCUT2D eigenvalue weighted by Crippen LogP contribution is 2.45. The predicted octanol–water partition coefficient (Wildman–Crippen LogP) is 1.29. The van der Waals surface area contributed by atoms with E-state index < -0.39 is 17.4 Å². The zero-order chi connectivity index (χ0) is 19.0. The van der Waals surface area contributed by atoms with Gasteiger partial charge >= 0.3 is 6.09 Å². The van der Waals surface area contributed by atoms with E-state index in [4.69, 9.17) is 15.8 Å². The molecule has 4 N–H and O–H groups in total. The predicted molar refractivity (Wildman–Crippen MR) is 99.1 cm³/mol. The zero-order valence-corrected chi connectivity index (χ0v) is 14.9. The van der Waals surface area contributed by atoms with E-state index in [2.05, 4.69) is 20.3 Å². The fourth-order valence-corrected chi connectivity index (χ4v) is 4.55. The number of nitrogen functional groups attached to an aromatic ring is 1. The molecule has 2 aliphatic heterocycles. The normalized spacial score (nSPS) is 24.3. The average molecular weight is 389 g/mol. The second-order valence-electron chi connectivity index (χ2n) is 6.34. The van der Waals surface area contributed by atoms with E-state index in [-0.39, 0.29) is 5.92 Å². The molecule has 2 atom stereocenters. The van der Waals surface area contributed by atoms with Crippen LogP contribution in [0, 0.1) is 11.7 Å². The standard InChI is InChI=1S/C16H16FN7O2S/c17-10-4-20-13(21-5-10)24-6-9-7-27-14(22-15(25)26)23-16(9,8-24)12-3-11(18)1-2-19-12/h1-5,9H,6-8H2,(H2,18,19)(H,22,23)(H,25,26). The molecule has 27 heavy (non-hydrogen) atoms. The molecule has 0 aromatic carbocycles. The van der Waals surface area contributed by atoms with Crippen molar-refractivity contribution in [3.05, 3.63) is 42.2 Å². The summed E-state index contributed by atoms with van der Waals surface area (Å²) in [7, 11) is 0. The number of carboxylic acid groups (broad SMARTS) is 1. The Morgan fingerprint density at radius 2 is 2.19 bits per heavy atom. The average Bonchev–Trinajstić information content (AvgIpc) is 3.02. The number of fused-ring (bicyclic) bond motifs is 1. The summed E-state index contributed by atoms with van der Waals surface area (Å²) in [5, 5.41) is 11.7. The monoisotopic (exact) mass is 389 g/mol. The SMILES string of the molecule is Nc1ccnc(C23CN(c4ncc(F)cn4)CC2CSC(NC(=O)O)=N3)c1. The highest BCUT2D eigenvalue weighted by atomic mass is 32.2. The maximum Gasteiger partial charge on any atom is 0.410 e. The molecule has 2 aromatic rings. The quantitative estimate of drug-likeness (QED) is 0.701. The van der Waals surface area contributed by atoms with Gasteiger partial charge in [-0.05, 0) is 12.1 Å². The fraction of sp³-hybridized carbons (Fsp3) is 0.312. The molecule has 2 aromatic heterocycles. The van der Waals surface area contributed by atoms with Crippen molar-refractivity contribution in [3.63, 3.8) is 0 Å². The number of nitrogens with zero attached hydrogens (tertiary/aromatic N) is 5. The third-order valence-corrected chi connectivity index (χ3v) is 5.64. The number of rotatable bonds is 2.